The number of hydrogen-bond donors (Lipinski definition) is 0. The Kier molecular flexibility index (Phi) is 6.90. The summed E-state index contributed by atoms with van der Waals surface area (Å²) in [5, 5.41) is 1.39. The molecule has 6 heteroatoms. The van der Waals surface area contributed by atoms with Crippen LogP contribution in [0.25, 0.3) is 10.9 Å². The van der Waals surface area contributed by atoms with Crippen molar-refractivity contribution in [2.75, 3.05) is 18.8 Å². The molecular weight excluding hydrogens is 382 g/mol. The molecule has 1 aromatic heterocycles. The molecule has 0 atom stereocenters. The van der Waals surface area contributed by atoms with Gasteiger partial charge in [0.1, 0.15) is 0 Å². The number of carbonyl (C=O) groups excluding carboxylic acids is 1. The van der Waals surface area contributed by atoms with Crippen molar-refractivity contribution < 1.29 is 4.79 Å². The molecule has 1 saturated heterocycles. The van der Waals surface area contributed by atoms with Gasteiger partial charge >= 0.3 is 0 Å². The summed E-state index contributed by atoms with van der Waals surface area (Å²) in [6.45, 7) is 1.72. The van der Waals surface area contributed by atoms with Crippen LogP contribution in [0.15, 0.2) is 34.2 Å². The van der Waals surface area contributed by atoms with Crippen LogP contribution in [0.3, 0.4) is 0 Å². The van der Waals surface area contributed by atoms with Crippen molar-refractivity contribution in [2.45, 2.75) is 75.4 Å². The molecule has 1 aliphatic carbocycles. The number of para-hydroxylation sites is 1. The van der Waals surface area contributed by atoms with Crippen molar-refractivity contribution >= 4 is 28.6 Å². The molecule has 29 heavy (non-hydrogen) atoms. The maximum absolute atomic E-state index is 13.3. The molecule has 0 radical (unpaired) electrons. The van der Waals surface area contributed by atoms with Gasteiger partial charge in [-0.15, -0.1) is 0 Å². The third-order valence-electron chi connectivity index (χ3n) is 6.25. The number of hydrogen-bond acceptors (Lipinski definition) is 4. The second kappa shape index (κ2) is 9.79. The summed E-state index contributed by atoms with van der Waals surface area (Å²) in [6.07, 6.45) is 11.5. The van der Waals surface area contributed by atoms with Crippen LogP contribution in [-0.4, -0.2) is 39.2 Å². The predicted octanol–water partition coefficient (Wildman–Crippen LogP) is 4.79. The Morgan fingerprint density at radius 1 is 0.966 bits per heavy atom. The molecule has 2 aromatic rings. The fraction of sp³-hybridized carbons (Fsp3) is 0.609. The topological polar surface area (TPSA) is 55.2 Å². The van der Waals surface area contributed by atoms with Crippen LogP contribution >= 0.6 is 11.8 Å². The lowest BCUT2D eigenvalue weighted by Gasteiger charge is -2.27. The van der Waals surface area contributed by atoms with E-state index in [4.69, 9.17) is 4.98 Å². The quantitative estimate of drug-likeness (QED) is 0.534. The summed E-state index contributed by atoms with van der Waals surface area (Å²) < 4.78 is 1.90. The number of amides is 1. The van der Waals surface area contributed by atoms with E-state index in [1.165, 1.54) is 37.4 Å². The smallest absolute Gasteiger partial charge is 0.262 e. The summed E-state index contributed by atoms with van der Waals surface area (Å²) >= 11 is 1.44. The molecule has 1 amide bonds. The van der Waals surface area contributed by atoms with Gasteiger partial charge in [-0.3, -0.25) is 14.2 Å². The molecular formula is C23H31N3O2S. The number of likely N-dealkylation sites (tertiary alicyclic amines) is 1. The van der Waals surface area contributed by atoms with Crippen molar-refractivity contribution in [3.63, 3.8) is 0 Å². The average molecular weight is 414 g/mol. The third kappa shape index (κ3) is 4.85. The minimum absolute atomic E-state index is 0.0451. The zero-order chi connectivity index (χ0) is 20.1. The van der Waals surface area contributed by atoms with Gasteiger partial charge < -0.3 is 4.90 Å². The number of nitrogens with zero attached hydrogens (tertiary/aromatic N) is 3. The molecule has 0 bridgehead atoms. The Morgan fingerprint density at radius 3 is 2.38 bits per heavy atom. The van der Waals surface area contributed by atoms with Gasteiger partial charge in [-0.05, 0) is 37.8 Å². The molecule has 2 aliphatic rings. The monoisotopic (exact) mass is 413 g/mol. The average Bonchev–Trinajstić information content (AvgIpc) is 2.72. The van der Waals surface area contributed by atoms with Gasteiger partial charge in [0.25, 0.3) is 5.56 Å². The van der Waals surface area contributed by atoms with Crippen LogP contribution < -0.4 is 5.56 Å². The Hall–Kier alpha value is -1.82. The standard InChI is InChI=1S/C23H31N3O2S/c27-21(25-15-9-2-1-3-10-16-25)17-29-23-24-20-14-8-7-13-19(20)22(28)26(23)18-11-5-4-6-12-18/h7-8,13-14,18H,1-6,9-12,15-17H2. The highest BCUT2D eigenvalue weighted by Crippen LogP contribution is 2.31. The van der Waals surface area contributed by atoms with E-state index in [0.717, 1.165) is 57.1 Å². The molecule has 4 rings (SSSR count). The second-order valence-electron chi connectivity index (χ2n) is 8.32. The summed E-state index contributed by atoms with van der Waals surface area (Å²) in [5.41, 5.74) is 0.773. The molecule has 1 aliphatic heterocycles. The van der Waals surface area contributed by atoms with Crippen molar-refractivity contribution in [2.24, 2.45) is 0 Å². The molecule has 156 valence electrons. The molecule has 5 nitrogen and oxygen atoms in total. The SMILES string of the molecule is O=C(CSc1nc2ccccc2c(=O)n1C1CCCCC1)N1CCCCCCC1. The number of aromatic nitrogens is 2. The van der Waals surface area contributed by atoms with Gasteiger partial charge in [0, 0.05) is 19.1 Å². The second-order valence-corrected chi connectivity index (χ2v) is 9.26. The normalized spacial score (nSPS) is 19.1. The highest BCUT2D eigenvalue weighted by atomic mass is 32.2. The van der Waals surface area contributed by atoms with Gasteiger partial charge in [0.2, 0.25) is 5.91 Å². The van der Waals surface area contributed by atoms with Crippen molar-refractivity contribution in [3.05, 3.63) is 34.6 Å². The van der Waals surface area contributed by atoms with E-state index in [0.29, 0.717) is 16.3 Å². The van der Waals surface area contributed by atoms with E-state index >= 15 is 0 Å². The third-order valence-corrected chi connectivity index (χ3v) is 7.19. The maximum atomic E-state index is 13.3. The molecule has 1 saturated carbocycles. The van der Waals surface area contributed by atoms with Gasteiger partial charge in [0.15, 0.2) is 5.16 Å². The Labute approximate surface area is 176 Å². The Morgan fingerprint density at radius 2 is 1.62 bits per heavy atom. The summed E-state index contributed by atoms with van der Waals surface area (Å²) in [4.78, 5) is 33.0. The van der Waals surface area contributed by atoms with Crippen LogP contribution in [0.2, 0.25) is 0 Å². The first-order chi connectivity index (χ1) is 14.2. The lowest BCUT2D eigenvalue weighted by atomic mass is 9.95. The zero-order valence-electron chi connectivity index (χ0n) is 17.1. The van der Waals surface area contributed by atoms with Crippen LogP contribution in [0, 0.1) is 0 Å². The summed E-state index contributed by atoms with van der Waals surface area (Å²) in [6, 6.07) is 7.78. The summed E-state index contributed by atoms with van der Waals surface area (Å²) in [7, 11) is 0. The van der Waals surface area contributed by atoms with E-state index in [9.17, 15) is 9.59 Å². The maximum Gasteiger partial charge on any atom is 0.262 e. The van der Waals surface area contributed by atoms with Crippen molar-refractivity contribution in [1.29, 1.82) is 0 Å². The largest absolute Gasteiger partial charge is 0.342 e. The number of fused-ring (bicyclic) bond motifs is 1. The fourth-order valence-corrected chi connectivity index (χ4v) is 5.57. The lowest BCUT2D eigenvalue weighted by molar-refractivity contribution is -0.128. The number of thioether (sulfide) groups is 1. The van der Waals surface area contributed by atoms with Gasteiger partial charge in [0.05, 0.1) is 16.7 Å². The van der Waals surface area contributed by atoms with E-state index < -0.39 is 0 Å². The molecule has 0 unspecified atom stereocenters. The molecule has 1 aromatic carbocycles. The minimum Gasteiger partial charge on any atom is -0.342 e. The highest BCUT2D eigenvalue weighted by Gasteiger charge is 2.23. The van der Waals surface area contributed by atoms with Crippen LogP contribution in [0.4, 0.5) is 0 Å². The Bertz CT molecular complexity index is 897. The number of rotatable bonds is 4. The van der Waals surface area contributed by atoms with Crippen LogP contribution in [0.1, 0.15) is 70.3 Å². The first kappa shape index (κ1) is 20.5. The molecule has 0 spiro atoms. The fourth-order valence-electron chi connectivity index (χ4n) is 4.60. The lowest BCUT2D eigenvalue weighted by Crippen LogP contribution is -2.35. The van der Waals surface area contributed by atoms with Crippen LogP contribution in [-0.2, 0) is 4.79 Å². The van der Waals surface area contributed by atoms with Crippen molar-refractivity contribution in [3.8, 4) is 0 Å². The van der Waals surface area contributed by atoms with Gasteiger partial charge in [-0.1, -0.05) is 62.4 Å². The van der Waals surface area contributed by atoms with E-state index in [-0.39, 0.29) is 17.5 Å². The van der Waals surface area contributed by atoms with Gasteiger partial charge in [-0.2, -0.15) is 0 Å². The Balaban J connectivity index is 1.58. The zero-order valence-corrected chi connectivity index (χ0v) is 18.0. The minimum atomic E-state index is 0.0451. The van der Waals surface area contributed by atoms with E-state index in [1.54, 1.807) is 0 Å². The molecule has 2 heterocycles. The van der Waals surface area contributed by atoms with Crippen molar-refractivity contribution in [1.82, 2.24) is 14.5 Å². The molecule has 2 fully saturated rings. The number of carbonyl (C=O) groups is 1. The number of benzene rings is 1. The van der Waals surface area contributed by atoms with Crippen LogP contribution in [0.5, 0.6) is 0 Å². The van der Waals surface area contributed by atoms with E-state index in [1.807, 2.05) is 33.7 Å². The van der Waals surface area contributed by atoms with Gasteiger partial charge in [-0.25, -0.2) is 4.98 Å². The van der Waals surface area contributed by atoms with E-state index in [2.05, 4.69) is 0 Å². The highest BCUT2D eigenvalue weighted by molar-refractivity contribution is 7.99. The summed E-state index contributed by atoms with van der Waals surface area (Å²) in [5.74, 6) is 0.534. The first-order valence-electron chi connectivity index (χ1n) is 11.2. The first-order valence-corrected chi connectivity index (χ1v) is 12.1. The molecule has 0 N–H and O–H groups in total. The predicted molar refractivity (Wildman–Crippen MR) is 119 cm³/mol.